The second kappa shape index (κ2) is 3.20. The minimum atomic E-state index is -0.701. The van der Waals surface area contributed by atoms with Crippen LogP contribution in [0.15, 0.2) is 34.7 Å². The van der Waals surface area contributed by atoms with Crippen molar-refractivity contribution in [1.82, 2.24) is 0 Å². The van der Waals surface area contributed by atoms with Gasteiger partial charge in [-0.25, -0.2) is 0 Å². The number of benzene rings is 1. The number of aliphatic hydroxyl groups is 1. The lowest BCUT2D eigenvalue weighted by Crippen LogP contribution is -2.10. The molecule has 13 heavy (non-hydrogen) atoms. The molecule has 0 bridgehead atoms. The van der Waals surface area contributed by atoms with Gasteiger partial charge in [0.1, 0.15) is 17.4 Å². The van der Waals surface area contributed by atoms with Gasteiger partial charge in [-0.1, -0.05) is 18.2 Å². The smallest absolute Gasteiger partial charge is 0.135 e. The maximum Gasteiger partial charge on any atom is 0.135 e. The molecule has 1 aromatic carbocycles. The second-order valence-electron chi connectivity index (χ2n) is 2.94. The van der Waals surface area contributed by atoms with Gasteiger partial charge < -0.3 is 15.3 Å². The number of rotatable bonds is 2. The third kappa shape index (κ3) is 1.43. The molecule has 3 nitrogen and oxygen atoms in total. The Kier molecular flexibility index (Phi) is 2.04. The van der Waals surface area contributed by atoms with Crippen molar-refractivity contribution in [3.05, 3.63) is 36.1 Å². The van der Waals surface area contributed by atoms with Gasteiger partial charge in [-0.2, -0.15) is 0 Å². The molecule has 1 heterocycles. The van der Waals surface area contributed by atoms with E-state index in [4.69, 9.17) is 10.2 Å². The zero-order chi connectivity index (χ0) is 9.26. The van der Waals surface area contributed by atoms with Crippen molar-refractivity contribution in [3.8, 4) is 0 Å². The van der Waals surface area contributed by atoms with Gasteiger partial charge in [-0.05, 0) is 12.1 Å². The normalized spacial score (nSPS) is 13.4. The van der Waals surface area contributed by atoms with Crippen LogP contribution < -0.4 is 5.73 Å². The first-order valence-electron chi connectivity index (χ1n) is 4.18. The van der Waals surface area contributed by atoms with Crippen LogP contribution in [0.1, 0.15) is 11.9 Å². The van der Waals surface area contributed by atoms with Crippen LogP contribution in [0, 0.1) is 0 Å². The average molecular weight is 177 g/mol. The van der Waals surface area contributed by atoms with E-state index in [-0.39, 0.29) is 6.54 Å². The summed E-state index contributed by atoms with van der Waals surface area (Å²) in [6.07, 6.45) is -0.701. The molecule has 0 unspecified atom stereocenters. The van der Waals surface area contributed by atoms with Crippen LogP contribution in [0.3, 0.4) is 0 Å². The Morgan fingerprint density at radius 1 is 1.38 bits per heavy atom. The molecule has 0 radical (unpaired) electrons. The number of aliphatic hydroxyl groups excluding tert-OH is 1. The van der Waals surface area contributed by atoms with E-state index in [0.717, 1.165) is 11.0 Å². The summed E-state index contributed by atoms with van der Waals surface area (Å²) < 4.78 is 5.39. The molecular formula is C10H11NO2. The third-order valence-electron chi connectivity index (χ3n) is 2.00. The molecular weight excluding hydrogens is 166 g/mol. The Hall–Kier alpha value is -1.32. The van der Waals surface area contributed by atoms with Crippen LogP contribution in [0.4, 0.5) is 0 Å². The molecule has 2 rings (SSSR count). The van der Waals surface area contributed by atoms with E-state index in [9.17, 15) is 5.11 Å². The lowest BCUT2D eigenvalue weighted by Gasteiger charge is -2.00. The van der Waals surface area contributed by atoms with Gasteiger partial charge >= 0.3 is 0 Å². The first-order chi connectivity index (χ1) is 6.31. The fourth-order valence-corrected chi connectivity index (χ4v) is 1.28. The molecule has 0 spiro atoms. The number of furan rings is 1. The number of nitrogens with two attached hydrogens (primary N) is 1. The molecule has 0 aliphatic rings. The van der Waals surface area contributed by atoms with Crippen molar-refractivity contribution < 1.29 is 9.52 Å². The van der Waals surface area contributed by atoms with Gasteiger partial charge in [0.15, 0.2) is 0 Å². The largest absolute Gasteiger partial charge is 0.458 e. The molecule has 1 atom stereocenters. The summed E-state index contributed by atoms with van der Waals surface area (Å²) in [6, 6.07) is 9.43. The van der Waals surface area contributed by atoms with E-state index in [0.29, 0.717) is 5.76 Å². The summed E-state index contributed by atoms with van der Waals surface area (Å²) in [7, 11) is 0. The highest BCUT2D eigenvalue weighted by Crippen LogP contribution is 2.22. The standard InChI is InChI=1S/C10H11NO2/c11-6-8(12)10-5-7-3-1-2-4-9(7)13-10/h1-5,8,12H,6,11H2/t8-/m0/s1. The Balaban J connectivity index is 2.49. The van der Waals surface area contributed by atoms with Gasteiger partial charge in [0.25, 0.3) is 0 Å². The summed E-state index contributed by atoms with van der Waals surface area (Å²) in [4.78, 5) is 0. The van der Waals surface area contributed by atoms with Crippen molar-refractivity contribution in [2.75, 3.05) is 6.54 Å². The molecule has 68 valence electrons. The lowest BCUT2D eigenvalue weighted by atomic mass is 10.2. The highest BCUT2D eigenvalue weighted by atomic mass is 16.4. The summed E-state index contributed by atoms with van der Waals surface area (Å²) in [5.74, 6) is 0.531. The minimum absolute atomic E-state index is 0.180. The van der Waals surface area contributed by atoms with Crippen LogP contribution in [-0.2, 0) is 0 Å². The maximum atomic E-state index is 9.41. The maximum absolute atomic E-state index is 9.41. The van der Waals surface area contributed by atoms with E-state index >= 15 is 0 Å². The van der Waals surface area contributed by atoms with Crippen molar-refractivity contribution in [3.63, 3.8) is 0 Å². The van der Waals surface area contributed by atoms with Gasteiger partial charge in [-0.3, -0.25) is 0 Å². The van der Waals surface area contributed by atoms with Crippen LogP contribution in [-0.4, -0.2) is 11.7 Å². The first-order valence-corrected chi connectivity index (χ1v) is 4.18. The fraction of sp³-hybridized carbons (Fsp3) is 0.200. The average Bonchev–Trinajstić information content (AvgIpc) is 2.59. The quantitative estimate of drug-likeness (QED) is 0.729. The van der Waals surface area contributed by atoms with Crippen molar-refractivity contribution in [2.45, 2.75) is 6.10 Å². The summed E-state index contributed by atoms with van der Waals surface area (Å²) in [6.45, 7) is 0.180. The van der Waals surface area contributed by atoms with Gasteiger partial charge in [0, 0.05) is 11.9 Å². The number of fused-ring (bicyclic) bond motifs is 1. The summed E-state index contributed by atoms with van der Waals surface area (Å²) >= 11 is 0. The Labute approximate surface area is 75.8 Å². The van der Waals surface area contributed by atoms with E-state index in [1.165, 1.54) is 0 Å². The summed E-state index contributed by atoms with van der Waals surface area (Å²) in [5.41, 5.74) is 6.10. The summed E-state index contributed by atoms with van der Waals surface area (Å²) in [5, 5.41) is 10.4. The third-order valence-corrected chi connectivity index (χ3v) is 2.00. The monoisotopic (exact) mass is 177 g/mol. The van der Waals surface area contributed by atoms with Gasteiger partial charge in [0.05, 0.1) is 0 Å². The zero-order valence-corrected chi connectivity index (χ0v) is 7.10. The van der Waals surface area contributed by atoms with Crippen LogP contribution in [0.25, 0.3) is 11.0 Å². The Morgan fingerprint density at radius 3 is 2.85 bits per heavy atom. The fourth-order valence-electron chi connectivity index (χ4n) is 1.28. The van der Waals surface area contributed by atoms with Crippen LogP contribution in [0.5, 0.6) is 0 Å². The SMILES string of the molecule is NC[C@H](O)c1cc2ccccc2o1. The van der Waals surface area contributed by atoms with Crippen LogP contribution in [0.2, 0.25) is 0 Å². The molecule has 2 aromatic rings. The van der Waals surface area contributed by atoms with E-state index in [2.05, 4.69) is 0 Å². The molecule has 0 aliphatic heterocycles. The predicted octanol–water partition coefficient (Wildman–Crippen LogP) is 1.42. The number of hydrogen-bond donors (Lipinski definition) is 2. The van der Waals surface area contributed by atoms with Crippen molar-refractivity contribution in [1.29, 1.82) is 0 Å². The van der Waals surface area contributed by atoms with Gasteiger partial charge in [-0.15, -0.1) is 0 Å². The second-order valence-corrected chi connectivity index (χ2v) is 2.94. The zero-order valence-electron chi connectivity index (χ0n) is 7.10. The topological polar surface area (TPSA) is 59.4 Å². The first kappa shape index (κ1) is 8.29. The predicted molar refractivity (Wildman–Crippen MR) is 50.2 cm³/mol. The molecule has 1 aromatic heterocycles. The molecule has 0 amide bonds. The Morgan fingerprint density at radius 2 is 2.15 bits per heavy atom. The molecule has 0 aliphatic carbocycles. The van der Waals surface area contributed by atoms with E-state index in [1.807, 2.05) is 30.3 Å². The number of hydrogen-bond acceptors (Lipinski definition) is 3. The molecule has 0 saturated carbocycles. The van der Waals surface area contributed by atoms with Crippen LogP contribution >= 0.6 is 0 Å². The van der Waals surface area contributed by atoms with Crippen molar-refractivity contribution in [2.24, 2.45) is 5.73 Å². The molecule has 3 N–H and O–H groups in total. The van der Waals surface area contributed by atoms with E-state index < -0.39 is 6.10 Å². The molecule has 3 heteroatoms. The van der Waals surface area contributed by atoms with Crippen molar-refractivity contribution >= 4 is 11.0 Å². The molecule has 0 saturated heterocycles. The van der Waals surface area contributed by atoms with Gasteiger partial charge in [0.2, 0.25) is 0 Å². The highest BCUT2D eigenvalue weighted by molar-refractivity contribution is 5.77. The van der Waals surface area contributed by atoms with E-state index in [1.54, 1.807) is 0 Å². The minimum Gasteiger partial charge on any atom is -0.458 e. The molecule has 0 fully saturated rings. The highest BCUT2D eigenvalue weighted by Gasteiger charge is 2.10. The Bertz CT molecular complexity index is 375. The lowest BCUT2D eigenvalue weighted by molar-refractivity contribution is 0.160. The number of para-hydroxylation sites is 1.